The molecular formula is C18H22N2O4. The monoisotopic (exact) mass is 330 g/mol. The number of carbonyl (C=O) groups is 1. The van der Waals surface area contributed by atoms with Crippen molar-refractivity contribution in [2.75, 3.05) is 7.11 Å². The Labute approximate surface area is 141 Å². The van der Waals surface area contributed by atoms with Crippen molar-refractivity contribution >= 4 is 12.0 Å². The van der Waals surface area contributed by atoms with Crippen LogP contribution in [0.2, 0.25) is 0 Å². The summed E-state index contributed by atoms with van der Waals surface area (Å²) in [5, 5.41) is 16.6. The molecule has 0 aliphatic rings. The minimum atomic E-state index is -0.225. The Morgan fingerprint density at radius 1 is 1.46 bits per heavy atom. The SMILES string of the molecule is CCC(NC(=O)/C=C/c1ccc(OC)c(O)c1)c1c(C)noc1C. The second kappa shape index (κ2) is 7.68. The molecule has 0 radical (unpaired) electrons. The fourth-order valence-corrected chi connectivity index (χ4v) is 2.57. The van der Waals surface area contributed by atoms with E-state index in [1.807, 2.05) is 20.8 Å². The largest absolute Gasteiger partial charge is 0.504 e. The van der Waals surface area contributed by atoms with Gasteiger partial charge in [-0.05, 0) is 44.0 Å². The van der Waals surface area contributed by atoms with Crippen molar-refractivity contribution in [3.8, 4) is 11.5 Å². The summed E-state index contributed by atoms with van der Waals surface area (Å²) in [5.41, 5.74) is 2.40. The van der Waals surface area contributed by atoms with Gasteiger partial charge in [0, 0.05) is 11.6 Å². The molecule has 6 nitrogen and oxygen atoms in total. The Hall–Kier alpha value is -2.76. The van der Waals surface area contributed by atoms with Crippen molar-refractivity contribution in [2.24, 2.45) is 0 Å². The Bertz CT molecular complexity index is 730. The molecule has 0 aliphatic carbocycles. The van der Waals surface area contributed by atoms with Crippen LogP contribution in [-0.4, -0.2) is 23.3 Å². The maximum Gasteiger partial charge on any atom is 0.244 e. The van der Waals surface area contributed by atoms with Crippen LogP contribution in [0.25, 0.3) is 6.08 Å². The number of phenolic OH excluding ortho intramolecular Hbond substituents is 1. The van der Waals surface area contributed by atoms with Crippen molar-refractivity contribution in [3.63, 3.8) is 0 Å². The first-order valence-corrected chi connectivity index (χ1v) is 7.74. The number of aromatic nitrogens is 1. The molecule has 2 N–H and O–H groups in total. The third-order valence-corrected chi connectivity index (χ3v) is 3.79. The van der Waals surface area contributed by atoms with Crippen LogP contribution in [-0.2, 0) is 4.79 Å². The van der Waals surface area contributed by atoms with E-state index in [2.05, 4.69) is 10.5 Å². The lowest BCUT2D eigenvalue weighted by molar-refractivity contribution is -0.117. The number of aromatic hydroxyl groups is 1. The zero-order valence-corrected chi connectivity index (χ0v) is 14.3. The van der Waals surface area contributed by atoms with Crippen LogP contribution in [0.3, 0.4) is 0 Å². The molecule has 1 amide bonds. The summed E-state index contributed by atoms with van der Waals surface area (Å²) in [7, 11) is 1.48. The van der Waals surface area contributed by atoms with Crippen LogP contribution >= 0.6 is 0 Å². The van der Waals surface area contributed by atoms with E-state index in [0.717, 1.165) is 17.7 Å². The van der Waals surface area contributed by atoms with Gasteiger partial charge >= 0.3 is 0 Å². The first kappa shape index (κ1) is 17.6. The van der Waals surface area contributed by atoms with Crippen molar-refractivity contribution in [2.45, 2.75) is 33.2 Å². The van der Waals surface area contributed by atoms with Crippen molar-refractivity contribution < 1.29 is 19.2 Å². The molecule has 0 spiro atoms. The molecule has 128 valence electrons. The van der Waals surface area contributed by atoms with Crippen LogP contribution in [0.4, 0.5) is 0 Å². The standard InChI is InChI=1S/C18H22N2O4/c1-5-14(18-11(2)20-24-12(18)3)19-17(22)9-7-13-6-8-16(23-4)15(21)10-13/h6-10,14,21H,5H2,1-4H3,(H,19,22)/b9-7+. The number of aryl methyl sites for hydroxylation is 2. The number of amides is 1. The molecule has 0 bridgehead atoms. The van der Waals surface area contributed by atoms with E-state index in [0.29, 0.717) is 17.1 Å². The van der Waals surface area contributed by atoms with Gasteiger partial charge in [-0.3, -0.25) is 4.79 Å². The number of nitrogens with one attached hydrogen (secondary N) is 1. The average Bonchev–Trinajstić information content (AvgIpc) is 2.90. The number of hydrogen-bond acceptors (Lipinski definition) is 5. The second-order valence-corrected chi connectivity index (χ2v) is 5.47. The van der Waals surface area contributed by atoms with Gasteiger partial charge in [-0.2, -0.15) is 0 Å². The van der Waals surface area contributed by atoms with E-state index >= 15 is 0 Å². The van der Waals surface area contributed by atoms with E-state index in [-0.39, 0.29) is 17.7 Å². The average molecular weight is 330 g/mol. The lowest BCUT2D eigenvalue weighted by Gasteiger charge is -2.15. The molecular weight excluding hydrogens is 308 g/mol. The quantitative estimate of drug-likeness (QED) is 0.794. The van der Waals surface area contributed by atoms with E-state index in [1.54, 1.807) is 18.2 Å². The molecule has 1 aromatic carbocycles. The number of methoxy groups -OCH3 is 1. The van der Waals surface area contributed by atoms with Gasteiger partial charge in [0.15, 0.2) is 11.5 Å². The Morgan fingerprint density at radius 3 is 2.75 bits per heavy atom. The van der Waals surface area contributed by atoms with Crippen LogP contribution < -0.4 is 10.1 Å². The molecule has 0 saturated heterocycles. The molecule has 0 saturated carbocycles. The fourth-order valence-electron chi connectivity index (χ4n) is 2.57. The van der Waals surface area contributed by atoms with Gasteiger partial charge in [-0.15, -0.1) is 0 Å². The van der Waals surface area contributed by atoms with E-state index in [9.17, 15) is 9.90 Å². The van der Waals surface area contributed by atoms with Gasteiger partial charge in [-0.25, -0.2) is 0 Å². The third kappa shape index (κ3) is 3.95. The third-order valence-electron chi connectivity index (χ3n) is 3.79. The second-order valence-electron chi connectivity index (χ2n) is 5.47. The topological polar surface area (TPSA) is 84.6 Å². The van der Waals surface area contributed by atoms with E-state index in [4.69, 9.17) is 9.26 Å². The van der Waals surface area contributed by atoms with Crippen molar-refractivity contribution in [1.82, 2.24) is 10.5 Å². The minimum absolute atomic E-state index is 0.0298. The molecule has 0 aliphatic heterocycles. The number of hydrogen-bond donors (Lipinski definition) is 2. The van der Waals surface area contributed by atoms with Gasteiger partial charge in [0.2, 0.25) is 5.91 Å². The van der Waals surface area contributed by atoms with Gasteiger partial charge in [0.25, 0.3) is 0 Å². The first-order chi connectivity index (χ1) is 11.5. The summed E-state index contributed by atoms with van der Waals surface area (Å²) in [4.78, 5) is 12.2. The van der Waals surface area contributed by atoms with Gasteiger partial charge < -0.3 is 19.7 Å². The fraction of sp³-hybridized carbons (Fsp3) is 0.333. The Morgan fingerprint density at radius 2 is 2.21 bits per heavy atom. The van der Waals surface area contributed by atoms with E-state index < -0.39 is 0 Å². The summed E-state index contributed by atoms with van der Waals surface area (Å²) >= 11 is 0. The summed E-state index contributed by atoms with van der Waals surface area (Å²) in [5.74, 6) is 0.907. The highest BCUT2D eigenvalue weighted by molar-refractivity contribution is 5.92. The summed E-state index contributed by atoms with van der Waals surface area (Å²) in [6.07, 6.45) is 3.79. The van der Waals surface area contributed by atoms with Crippen LogP contribution in [0, 0.1) is 13.8 Å². The Balaban J connectivity index is 2.07. The molecule has 1 aromatic heterocycles. The zero-order valence-electron chi connectivity index (χ0n) is 14.3. The summed E-state index contributed by atoms with van der Waals surface area (Å²) in [6, 6.07) is 4.78. The highest BCUT2D eigenvalue weighted by Crippen LogP contribution is 2.27. The molecule has 6 heteroatoms. The smallest absolute Gasteiger partial charge is 0.244 e. The Kier molecular flexibility index (Phi) is 5.63. The van der Waals surface area contributed by atoms with Gasteiger partial charge in [0.1, 0.15) is 5.76 Å². The summed E-state index contributed by atoms with van der Waals surface area (Å²) in [6.45, 7) is 5.68. The van der Waals surface area contributed by atoms with Crippen LogP contribution in [0.1, 0.15) is 42.0 Å². The molecule has 2 rings (SSSR count). The maximum atomic E-state index is 12.2. The zero-order chi connectivity index (χ0) is 17.7. The molecule has 1 unspecified atom stereocenters. The number of benzene rings is 1. The van der Waals surface area contributed by atoms with Crippen molar-refractivity contribution in [3.05, 3.63) is 46.9 Å². The molecule has 1 atom stereocenters. The van der Waals surface area contributed by atoms with Crippen LogP contribution in [0.15, 0.2) is 28.8 Å². The predicted octanol–water partition coefficient (Wildman–Crippen LogP) is 3.29. The molecule has 0 fully saturated rings. The first-order valence-electron chi connectivity index (χ1n) is 7.74. The molecule has 1 heterocycles. The van der Waals surface area contributed by atoms with Gasteiger partial charge in [-0.1, -0.05) is 18.1 Å². The maximum absolute atomic E-state index is 12.2. The predicted molar refractivity (Wildman–Crippen MR) is 90.8 cm³/mol. The summed E-state index contributed by atoms with van der Waals surface area (Å²) < 4.78 is 10.2. The van der Waals surface area contributed by atoms with Gasteiger partial charge in [0.05, 0.1) is 18.8 Å². The number of ether oxygens (including phenoxy) is 1. The lowest BCUT2D eigenvalue weighted by Crippen LogP contribution is -2.27. The number of nitrogens with zero attached hydrogens (tertiary/aromatic N) is 1. The number of rotatable bonds is 6. The normalized spacial score (nSPS) is 12.3. The highest BCUT2D eigenvalue weighted by Gasteiger charge is 2.19. The van der Waals surface area contributed by atoms with Crippen molar-refractivity contribution in [1.29, 1.82) is 0 Å². The van der Waals surface area contributed by atoms with E-state index in [1.165, 1.54) is 19.3 Å². The number of carbonyl (C=O) groups excluding carboxylic acids is 1. The van der Waals surface area contributed by atoms with Crippen LogP contribution in [0.5, 0.6) is 11.5 Å². The molecule has 2 aromatic rings. The lowest BCUT2D eigenvalue weighted by atomic mass is 10.0. The number of phenols is 1. The minimum Gasteiger partial charge on any atom is -0.504 e. The highest BCUT2D eigenvalue weighted by atomic mass is 16.5. The molecule has 24 heavy (non-hydrogen) atoms.